The molecule has 13 heteroatoms. The van der Waals surface area contributed by atoms with Gasteiger partial charge in [0.15, 0.2) is 11.4 Å². The number of ketones is 1. The minimum Gasteiger partial charge on any atom is -0.458 e. The van der Waals surface area contributed by atoms with Gasteiger partial charge in [-0.15, -0.1) is 0 Å². The molecule has 0 aromatic heterocycles. The van der Waals surface area contributed by atoms with Crippen LogP contribution in [0.1, 0.15) is 82.6 Å². The molecule has 1 heterocycles. The van der Waals surface area contributed by atoms with Gasteiger partial charge in [-0.2, -0.15) is 12.6 Å². The number of Topliss-reactive ketones (excluding diaryl/α,β-unsaturated/α-hetero) is 1. The third-order valence-electron chi connectivity index (χ3n) is 12.6. The molecule has 6 rings (SSSR count). The summed E-state index contributed by atoms with van der Waals surface area (Å²) >= 11 is 4.14. The highest BCUT2D eigenvalue weighted by Gasteiger charge is 2.75. The summed E-state index contributed by atoms with van der Waals surface area (Å²) in [5, 5.41) is 24.0. The zero-order valence-corrected chi connectivity index (χ0v) is 32.8. The third-order valence-corrected chi connectivity index (χ3v) is 12.8. The van der Waals surface area contributed by atoms with Crippen molar-refractivity contribution in [3.8, 4) is 0 Å². The fourth-order valence-corrected chi connectivity index (χ4v) is 9.82. The van der Waals surface area contributed by atoms with E-state index in [-0.39, 0.29) is 42.8 Å². The molecule has 11 atom stereocenters. The number of carbonyl (C=O) groups excluding carboxylic acids is 5. The number of hydrogen-bond donors (Lipinski definition) is 3. The van der Waals surface area contributed by atoms with Gasteiger partial charge in [-0.25, -0.2) is 9.59 Å². The van der Waals surface area contributed by atoms with Crippen molar-refractivity contribution in [1.29, 1.82) is 0 Å². The van der Waals surface area contributed by atoms with Crippen LogP contribution in [0, 0.1) is 22.7 Å². The molecule has 3 aliphatic carbocycles. The Labute approximate surface area is 326 Å². The summed E-state index contributed by atoms with van der Waals surface area (Å²) in [5.74, 6) is -6.03. The molecule has 2 aromatic rings. The summed E-state index contributed by atoms with van der Waals surface area (Å²) < 4.78 is 30.4. The number of rotatable bonds is 10. The van der Waals surface area contributed by atoms with E-state index in [0.717, 1.165) is 5.56 Å². The Morgan fingerprint density at radius 3 is 2.18 bits per heavy atom. The lowest BCUT2D eigenvalue weighted by molar-refractivity contribution is -0.335. The van der Waals surface area contributed by atoms with Crippen molar-refractivity contribution in [2.24, 2.45) is 22.7 Å². The Balaban J connectivity index is 1.49. The van der Waals surface area contributed by atoms with Crippen LogP contribution in [0.4, 0.5) is 0 Å². The zero-order valence-electron chi connectivity index (χ0n) is 31.9. The molecule has 2 bridgehead atoms. The lowest BCUT2D eigenvalue weighted by Gasteiger charge is -2.65. The molecule has 2 saturated carbocycles. The first kappa shape index (κ1) is 40.6. The molecule has 3 fully saturated rings. The topological polar surface area (TPSA) is 172 Å². The van der Waals surface area contributed by atoms with E-state index >= 15 is 0 Å². The first-order valence-electron chi connectivity index (χ1n) is 18.7. The first-order valence-corrected chi connectivity index (χ1v) is 19.4. The van der Waals surface area contributed by atoms with Gasteiger partial charge in [0.05, 0.1) is 36.0 Å². The van der Waals surface area contributed by atoms with Crippen LogP contribution < -0.4 is 0 Å². The lowest BCUT2D eigenvalue weighted by atomic mass is 9.46. The molecule has 55 heavy (non-hydrogen) atoms. The molecule has 0 spiro atoms. The number of esters is 4. The first-order chi connectivity index (χ1) is 26.0. The minimum atomic E-state index is -1.79. The van der Waals surface area contributed by atoms with E-state index < -0.39 is 100 Å². The second-order valence-corrected chi connectivity index (χ2v) is 16.5. The predicted octanol–water partition coefficient (Wildman–Crippen LogP) is 4.55. The Hall–Kier alpha value is -4.04. The van der Waals surface area contributed by atoms with Gasteiger partial charge in [-0.05, 0) is 54.5 Å². The number of carbonyl (C=O) groups is 5. The van der Waals surface area contributed by atoms with Gasteiger partial charge in [0.2, 0.25) is 6.10 Å². The van der Waals surface area contributed by atoms with Gasteiger partial charge >= 0.3 is 23.9 Å². The molecular weight excluding hydrogens is 729 g/mol. The molecule has 1 unspecified atom stereocenters. The Morgan fingerprint density at radius 1 is 0.964 bits per heavy atom. The summed E-state index contributed by atoms with van der Waals surface area (Å²) in [6.45, 7) is 9.68. The van der Waals surface area contributed by atoms with E-state index in [1.54, 1.807) is 56.3 Å². The quantitative estimate of drug-likeness (QED) is 0.133. The highest BCUT2D eigenvalue weighted by molar-refractivity contribution is 7.80. The van der Waals surface area contributed by atoms with Crippen LogP contribution in [0.3, 0.4) is 0 Å². The summed E-state index contributed by atoms with van der Waals surface area (Å²) in [4.78, 5) is 68.9. The molecule has 2 aromatic carbocycles. The third kappa shape index (κ3) is 7.02. The molecule has 1 aliphatic heterocycles. The molecule has 1 saturated heterocycles. The summed E-state index contributed by atoms with van der Waals surface area (Å²) in [7, 11) is 0. The van der Waals surface area contributed by atoms with E-state index in [0.29, 0.717) is 5.57 Å². The van der Waals surface area contributed by atoms with Crippen LogP contribution in [0.25, 0.3) is 0 Å². The van der Waals surface area contributed by atoms with Crippen LogP contribution in [-0.2, 0) is 42.9 Å². The highest BCUT2D eigenvalue weighted by atomic mass is 32.1. The molecule has 0 radical (unpaired) electrons. The smallest absolute Gasteiger partial charge is 0.348 e. The predicted molar refractivity (Wildman–Crippen MR) is 201 cm³/mol. The SMILES string of the molecule is CC(=O)O[C@@]12CO[C@@H]1C[C@H](O)[C@@]1(C)C(=O)[C@H](O)C3=C(C)[C@@H](OC(=O)[C@H](OC(=O)CCS)[C@@H](C)c4ccccc4)C[C@H](C(OC(=O)c4ccccc4)[C@H]21)C3(C)C. The Kier molecular flexibility index (Phi) is 11.4. The van der Waals surface area contributed by atoms with Crippen molar-refractivity contribution in [3.63, 3.8) is 0 Å². The van der Waals surface area contributed by atoms with E-state index in [9.17, 15) is 34.2 Å². The molecule has 2 N–H and O–H groups in total. The van der Waals surface area contributed by atoms with Gasteiger partial charge < -0.3 is 33.9 Å². The molecule has 12 nitrogen and oxygen atoms in total. The van der Waals surface area contributed by atoms with E-state index in [4.69, 9.17) is 23.7 Å². The normalized spacial score (nSPS) is 33.3. The molecule has 4 aliphatic rings. The van der Waals surface area contributed by atoms with Gasteiger partial charge in [0.25, 0.3) is 0 Å². The average Bonchev–Trinajstić information content (AvgIpc) is 3.14. The Morgan fingerprint density at radius 2 is 1.60 bits per heavy atom. The van der Waals surface area contributed by atoms with Crippen LogP contribution in [0.15, 0.2) is 71.8 Å². The zero-order chi connectivity index (χ0) is 40.0. The number of benzene rings is 2. The fourth-order valence-electron chi connectivity index (χ4n) is 9.64. The van der Waals surface area contributed by atoms with E-state index in [2.05, 4.69) is 12.6 Å². The summed E-state index contributed by atoms with van der Waals surface area (Å²) in [6.07, 6.45) is -7.77. The average molecular weight is 779 g/mol. The number of fused-ring (bicyclic) bond motifs is 5. The number of aliphatic hydroxyl groups is 2. The standard InChI is InChI=1S/C42H50O12S/c1-22(25-13-9-7-10-14-25)34(52-31(45)17-18-55)39(49)51-28-19-27-35(53-38(48)26-15-11-8-12-16-26)36-41(6,37(47)33(46)32(23(28)2)40(27,4)5)29(44)20-30-42(36,21-50-30)54-24(3)43/h7-16,22,27-30,33-36,44,46,55H,17-21H2,1-6H3/t22-,27+,28-,29-,30+,33+,34+,35?,36-,41+,42-/m0/s1. The maximum absolute atomic E-state index is 14.9. The van der Waals surface area contributed by atoms with Crippen molar-refractivity contribution in [3.05, 3.63) is 82.9 Å². The second kappa shape index (κ2) is 15.5. The van der Waals surface area contributed by atoms with Gasteiger partial charge in [-0.3, -0.25) is 14.4 Å². The van der Waals surface area contributed by atoms with Crippen LogP contribution in [0.5, 0.6) is 0 Å². The van der Waals surface area contributed by atoms with Crippen molar-refractivity contribution in [1.82, 2.24) is 0 Å². The fraction of sp³-hybridized carbons (Fsp3) is 0.548. The van der Waals surface area contributed by atoms with Gasteiger partial charge in [-0.1, -0.05) is 69.3 Å². The van der Waals surface area contributed by atoms with Gasteiger partial charge in [0, 0.05) is 30.9 Å². The molecule has 0 amide bonds. The van der Waals surface area contributed by atoms with Crippen molar-refractivity contribution < 1.29 is 57.9 Å². The minimum absolute atomic E-state index is 0.0308. The second-order valence-electron chi connectivity index (χ2n) is 16.0. The number of aliphatic hydroxyl groups excluding tert-OH is 2. The summed E-state index contributed by atoms with van der Waals surface area (Å²) in [6, 6.07) is 17.3. The van der Waals surface area contributed by atoms with E-state index in [1.165, 1.54) is 13.8 Å². The number of hydrogen-bond acceptors (Lipinski definition) is 13. The van der Waals surface area contributed by atoms with Crippen molar-refractivity contribution in [2.75, 3.05) is 12.4 Å². The van der Waals surface area contributed by atoms with Crippen molar-refractivity contribution >= 4 is 42.3 Å². The van der Waals surface area contributed by atoms with Gasteiger partial charge in [0.1, 0.15) is 24.4 Å². The van der Waals surface area contributed by atoms with Crippen LogP contribution in [0.2, 0.25) is 0 Å². The van der Waals surface area contributed by atoms with Crippen LogP contribution >= 0.6 is 12.6 Å². The number of thiol groups is 1. The maximum atomic E-state index is 14.9. The van der Waals surface area contributed by atoms with E-state index in [1.807, 2.05) is 32.0 Å². The highest BCUT2D eigenvalue weighted by Crippen LogP contribution is 2.63. The number of ether oxygens (including phenoxy) is 5. The largest absolute Gasteiger partial charge is 0.458 e. The van der Waals surface area contributed by atoms with Crippen molar-refractivity contribution in [2.45, 2.75) is 109 Å². The van der Waals surface area contributed by atoms with Crippen LogP contribution in [-0.4, -0.2) is 94.5 Å². The monoisotopic (exact) mass is 778 g/mol. The lowest BCUT2D eigenvalue weighted by Crippen LogP contribution is -2.79. The summed E-state index contributed by atoms with van der Waals surface area (Å²) in [5.41, 5.74) is -2.77. The molecular formula is C42H50O12S. The Bertz CT molecular complexity index is 1840. The maximum Gasteiger partial charge on any atom is 0.348 e. The molecule has 296 valence electrons.